The predicted molar refractivity (Wildman–Crippen MR) is 87.6 cm³/mol. The van der Waals surface area contributed by atoms with Crippen molar-refractivity contribution in [2.24, 2.45) is 0 Å². The number of thioether (sulfide) groups is 1. The van der Waals surface area contributed by atoms with Crippen LogP contribution in [0, 0.1) is 0 Å². The number of nitrogens with zero attached hydrogens (tertiary/aromatic N) is 3. The standard InChI is InChI=1S/C12H15BrN4S2/c1-17(2)11-15-16-12(19-11)18-8-7-14-10-6-4-3-5-9(10)13/h3-6,14H,7-8H2,1-2H3. The Morgan fingerprint density at radius 1 is 1.32 bits per heavy atom. The molecule has 0 spiro atoms. The highest BCUT2D eigenvalue weighted by Gasteiger charge is 2.05. The number of hydrogen-bond acceptors (Lipinski definition) is 6. The Kier molecular flexibility index (Phi) is 5.47. The first kappa shape index (κ1) is 14.6. The third-order valence-corrected chi connectivity index (χ3v) is 5.21. The molecule has 19 heavy (non-hydrogen) atoms. The van der Waals surface area contributed by atoms with Crippen LogP contribution in [-0.4, -0.2) is 36.6 Å². The molecular weight excluding hydrogens is 344 g/mol. The van der Waals surface area contributed by atoms with Crippen molar-refractivity contribution >= 4 is 49.8 Å². The topological polar surface area (TPSA) is 41.1 Å². The molecule has 1 aromatic heterocycles. The summed E-state index contributed by atoms with van der Waals surface area (Å²) in [5, 5.41) is 12.6. The number of benzene rings is 1. The largest absolute Gasteiger partial charge is 0.383 e. The van der Waals surface area contributed by atoms with Crippen LogP contribution in [0.4, 0.5) is 10.8 Å². The van der Waals surface area contributed by atoms with Gasteiger partial charge in [-0.05, 0) is 28.1 Å². The zero-order valence-corrected chi connectivity index (χ0v) is 14.0. The van der Waals surface area contributed by atoms with Crippen LogP contribution in [0.3, 0.4) is 0 Å². The van der Waals surface area contributed by atoms with E-state index in [1.54, 1.807) is 23.1 Å². The van der Waals surface area contributed by atoms with Gasteiger partial charge in [-0.1, -0.05) is 35.2 Å². The first-order valence-electron chi connectivity index (χ1n) is 5.79. The minimum atomic E-state index is 0.893. The lowest BCUT2D eigenvalue weighted by Crippen LogP contribution is -2.07. The minimum Gasteiger partial charge on any atom is -0.383 e. The van der Waals surface area contributed by atoms with Crippen molar-refractivity contribution < 1.29 is 0 Å². The second-order valence-electron chi connectivity index (χ2n) is 4.00. The molecule has 0 saturated heterocycles. The van der Waals surface area contributed by atoms with Gasteiger partial charge in [-0.2, -0.15) is 0 Å². The smallest absolute Gasteiger partial charge is 0.208 e. The van der Waals surface area contributed by atoms with Gasteiger partial charge in [0.25, 0.3) is 0 Å². The second kappa shape index (κ2) is 7.12. The van der Waals surface area contributed by atoms with E-state index in [4.69, 9.17) is 0 Å². The van der Waals surface area contributed by atoms with E-state index < -0.39 is 0 Å². The minimum absolute atomic E-state index is 0.893. The molecule has 0 aliphatic rings. The Morgan fingerprint density at radius 2 is 2.11 bits per heavy atom. The molecule has 0 bridgehead atoms. The molecule has 0 aliphatic carbocycles. The van der Waals surface area contributed by atoms with E-state index in [1.807, 2.05) is 37.2 Å². The van der Waals surface area contributed by atoms with Gasteiger partial charge in [-0.3, -0.25) is 0 Å². The van der Waals surface area contributed by atoms with Crippen LogP contribution in [0.2, 0.25) is 0 Å². The highest BCUT2D eigenvalue weighted by Crippen LogP contribution is 2.27. The third-order valence-electron chi connectivity index (χ3n) is 2.30. The number of anilines is 2. The Labute approximate surface area is 129 Å². The maximum absolute atomic E-state index is 4.15. The highest BCUT2D eigenvalue weighted by molar-refractivity contribution is 9.10. The van der Waals surface area contributed by atoms with Crippen molar-refractivity contribution in [2.45, 2.75) is 4.34 Å². The second-order valence-corrected chi connectivity index (χ2v) is 7.15. The molecule has 0 atom stereocenters. The van der Waals surface area contributed by atoms with Crippen LogP contribution >= 0.6 is 39.0 Å². The average Bonchev–Trinajstić information content (AvgIpc) is 2.85. The van der Waals surface area contributed by atoms with Crippen LogP contribution in [0.25, 0.3) is 0 Å². The van der Waals surface area contributed by atoms with E-state index in [9.17, 15) is 0 Å². The maximum atomic E-state index is 4.15. The Morgan fingerprint density at radius 3 is 2.79 bits per heavy atom. The molecule has 0 aliphatic heterocycles. The molecule has 0 saturated carbocycles. The van der Waals surface area contributed by atoms with Crippen molar-refractivity contribution in [2.75, 3.05) is 36.6 Å². The van der Waals surface area contributed by atoms with Crippen molar-refractivity contribution in [1.29, 1.82) is 0 Å². The summed E-state index contributed by atoms with van der Waals surface area (Å²) in [7, 11) is 3.95. The van der Waals surface area contributed by atoms with Crippen LogP contribution in [0.1, 0.15) is 0 Å². The zero-order valence-electron chi connectivity index (χ0n) is 10.8. The maximum Gasteiger partial charge on any atom is 0.208 e. The molecule has 102 valence electrons. The molecule has 7 heteroatoms. The molecule has 2 aromatic rings. The van der Waals surface area contributed by atoms with Gasteiger partial charge in [0.1, 0.15) is 0 Å². The summed E-state index contributed by atoms with van der Waals surface area (Å²) in [4.78, 5) is 1.97. The highest BCUT2D eigenvalue weighted by atomic mass is 79.9. The molecule has 1 N–H and O–H groups in total. The lowest BCUT2D eigenvalue weighted by Gasteiger charge is -2.07. The molecule has 0 unspecified atom stereocenters. The van der Waals surface area contributed by atoms with E-state index in [2.05, 4.69) is 37.5 Å². The Balaban J connectivity index is 1.76. The van der Waals surface area contributed by atoms with Crippen molar-refractivity contribution in [3.05, 3.63) is 28.7 Å². The predicted octanol–water partition coefficient (Wildman–Crippen LogP) is 3.57. The number of hydrogen-bond donors (Lipinski definition) is 1. The van der Waals surface area contributed by atoms with E-state index in [1.165, 1.54) is 0 Å². The summed E-state index contributed by atoms with van der Waals surface area (Å²) in [6.07, 6.45) is 0. The molecule has 2 rings (SSSR count). The van der Waals surface area contributed by atoms with Gasteiger partial charge in [-0.15, -0.1) is 10.2 Å². The van der Waals surface area contributed by atoms with Gasteiger partial charge in [-0.25, -0.2) is 0 Å². The SMILES string of the molecule is CN(C)c1nnc(SCCNc2ccccc2Br)s1. The number of halogens is 1. The van der Waals surface area contributed by atoms with Crippen LogP contribution < -0.4 is 10.2 Å². The van der Waals surface area contributed by atoms with E-state index in [-0.39, 0.29) is 0 Å². The zero-order chi connectivity index (χ0) is 13.7. The molecule has 0 fully saturated rings. The summed E-state index contributed by atoms with van der Waals surface area (Å²) >= 11 is 6.86. The van der Waals surface area contributed by atoms with Crippen molar-refractivity contribution in [1.82, 2.24) is 10.2 Å². The van der Waals surface area contributed by atoms with Gasteiger partial charge in [0.05, 0.1) is 0 Å². The van der Waals surface area contributed by atoms with E-state index in [0.717, 1.165) is 31.9 Å². The molecule has 1 heterocycles. The van der Waals surface area contributed by atoms with Crippen LogP contribution in [0.5, 0.6) is 0 Å². The van der Waals surface area contributed by atoms with Gasteiger partial charge in [0, 0.05) is 36.6 Å². The monoisotopic (exact) mass is 358 g/mol. The molecule has 0 radical (unpaired) electrons. The molecule has 4 nitrogen and oxygen atoms in total. The van der Waals surface area contributed by atoms with E-state index in [0.29, 0.717) is 0 Å². The number of para-hydroxylation sites is 1. The lowest BCUT2D eigenvalue weighted by atomic mass is 10.3. The van der Waals surface area contributed by atoms with Crippen LogP contribution in [-0.2, 0) is 0 Å². The first-order chi connectivity index (χ1) is 9.16. The quantitative estimate of drug-likeness (QED) is 0.631. The number of rotatable bonds is 6. The first-order valence-corrected chi connectivity index (χ1v) is 8.38. The van der Waals surface area contributed by atoms with Crippen LogP contribution in [0.15, 0.2) is 33.1 Å². The Hall–Kier alpha value is -0.790. The van der Waals surface area contributed by atoms with E-state index >= 15 is 0 Å². The molecule has 1 aromatic carbocycles. The average molecular weight is 359 g/mol. The summed E-state index contributed by atoms with van der Waals surface area (Å²) in [5.74, 6) is 0.962. The summed E-state index contributed by atoms with van der Waals surface area (Å²) in [6.45, 7) is 0.893. The molecular formula is C12H15BrN4S2. The van der Waals surface area contributed by atoms with Crippen molar-refractivity contribution in [3.63, 3.8) is 0 Å². The fourth-order valence-corrected chi connectivity index (χ4v) is 3.48. The summed E-state index contributed by atoms with van der Waals surface area (Å²) in [6, 6.07) is 8.12. The number of nitrogens with one attached hydrogen (secondary N) is 1. The summed E-state index contributed by atoms with van der Waals surface area (Å²) < 4.78 is 2.10. The fraction of sp³-hybridized carbons (Fsp3) is 0.333. The van der Waals surface area contributed by atoms with Gasteiger partial charge < -0.3 is 10.2 Å². The Bertz CT molecular complexity index is 530. The van der Waals surface area contributed by atoms with Gasteiger partial charge >= 0.3 is 0 Å². The summed E-state index contributed by atoms with van der Waals surface area (Å²) in [5.41, 5.74) is 1.12. The fourth-order valence-electron chi connectivity index (χ4n) is 1.37. The van der Waals surface area contributed by atoms with Crippen molar-refractivity contribution in [3.8, 4) is 0 Å². The third kappa shape index (κ3) is 4.36. The lowest BCUT2D eigenvalue weighted by molar-refractivity contribution is 0.972. The number of aromatic nitrogens is 2. The van der Waals surface area contributed by atoms with Gasteiger partial charge in [0.15, 0.2) is 4.34 Å². The van der Waals surface area contributed by atoms with Gasteiger partial charge in [0.2, 0.25) is 5.13 Å². The normalized spacial score (nSPS) is 10.5. The molecule has 0 amide bonds.